The van der Waals surface area contributed by atoms with Crippen molar-refractivity contribution in [3.63, 3.8) is 0 Å². The quantitative estimate of drug-likeness (QED) is 0.388. The van der Waals surface area contributed by atoms with Crippen LogP contribution in [0.5, 0.6) is 0 Å². The molecule has 0 aliphatic heterocycles. The van der Waals surface area contributed by atoms with Gasteiger partial charge in [0.25, 0.3) is 0 Å². The standard InChI is InChI=1S/C9H7NO/c1-2-10-9-5-3-8(7-11)4-6-9/h1,3-7,10H. The molecule has 0 saturated heterocycles. The van der Waals surface area contributed by atoms with Gasteiger partial charge in [0.05, 0.1) is 0 Å². The van der Waals surface area contributed by atoms with Gasteiger partial charge in [0.2, 0.25) is 0 Å². The van der Waals surface area contributed by atoms with E-state index >= 15 is 0 Å². The molecule has 0 aliphatic rings. The highest BCUT2D eigenvalue weighted by atomic mass is 16.1. The minimum atomic E-state index is 0.646. The molecule has 2 heteroatoms. The minimum absolute atomic E-state index is 0.646. The third-order valence-corrected chi connectivity index (χ3v) is 1.26. The molecule has 2 nitrogen and oxygen atoms in total. The second-order valence-corrected chi connectivity index (χ2v) is 2.01. The van der Waals surface area contributed by atoms with Crippen LogP contribution in [0.1, 0.15) is 10.4 Å². The lowest BCUT2D eigenvalue weighted by Crippen LogP contribution is -1.86. The molecule has 0 unspecified atom stereocenters. The van der Waals surface area contributed by atoms with Crippen molar-refractivity contribution in [2.75, 3.05) is 5.32 Å². The van der Waals surface area contributed by atoms with Crippen LogP contribution in [0, 0.1) is 12.5 Å². The molecule has 0 bridgehead atoms. The van der Waals surface area contributed by atoms with E-state index in [1.54, 1.807) is 24.3 Å². The number of nitrogens with one attached hydrogen (secondary N) is 1. The topological polar surface area (TPSA) is 29.1 Å². The number of hydrogen-bond acceptors (Lipinski definition) is 2. The molecule has 0 aliphatic carbocycles. The molecular weight excluding hydrogens is 138 g/mol. The molecule has 1 aromatic carbocycles. The van der Waals surface area contributed by atoms with E-state index in [1.807, 2.05) is 0 Å². The summed E-state index contributed by atoms with van der Waals surface area (Å²) >= 11 is 0. The van der Waals surface area contributed by atoms with Gasteiger partial charge in [0, 0.05) is 17.3 Å². The molecule has 54 valence electrons. The summed E-state index contributed by atoms with van der Waals surface area (Å²) < 4.78 is 0. The fourth-order valence-electron chi connectivity index (χ4n) is 0.728. The Labute approximate surface area is 65.2 Å². The number of rotatable bonds is 2. The number of anilines is 1. The summed E-state index contributed by atoms with van der Waals surface area (Å²) in [5, 5.41) is 2.67. The highest BCUT2D eigenvalue weighted by Gasteiger charge is 1.89. The third kappa shape index (κ3) is 1.84. The molecule has 0 spiro atoms. The normalized spacial score (nSPS) is 8.27. The first kappa shape index (κ1) is 7.36. The van der Waals surface area contributed by atoms with Gasteiger partial charge < -0.3 is 5.32 Å². The average Bonchev–Trinajstić information content (AvgIpc) is 2.07. The zero-order chi connectivity index (χ0) is 8.10. The van der Waals surface area contributed by atoms with Crippen molar-refractivity contribution < 1.29 is 4.79 Å². The smallest absolute Gasteiger partial charge is 0.150 e. The van der Waals surface area contributed by atoms with Gasteiger partial charge in [-0.1, -0.05) is 6.42 Å². The van der Waals surface area contributed by atoms with Gasteiger partial charge in [-0.05, 0) is 24.3 Å². The molecule has 0 heterocycles. The Kier molecular flexibility index (Phi) is 2.29. The van der Waals surface area contributed by atoms with Crippen molar-refractivity contribution in [1.82, 2.24) is 0 Å². The molecule has 0 atom stereocenters. The summed E-state index contributed by atoms with van der Waals surface area (Å²) in [6, 6.07) is 9.19. The SMILES string of the molecule is C#CNc1ccc(C=O)cc1. The Balaban J connectivity index is 2.84. The van der Waals surface area contributed by atoms with Crippen LogP contribution in [0.2, 0.25) is 0 Å². The first-order valence-corrected chi connectivity index (χ1v) is 3.13. The van der Waals surface area contributed by atoms with Crippen molar-refractivity contribution in [1.29, 1.82) is 0 Å². The lowest BCUT2D eigenvalue weighted by Gasteiger charge is -1.96. The first-order valence-electron chi connectivity index (χ1n) is 3.13. The molecule has 0 fully saturated rings. The Morgan fingerprint density at radius 1 is 1.36 bits per heavy atom. The molecule has 0 radical (unpaired) electrons. The number of aldehydes is 1. The van der Waals surface area contributed by atoms with Gasteiger partial charge in [-0.25, -0.2) is 0 Å². The van der Waals surface area contributed by atoms with Crippen LogP contribution in [0.3, 0.4) is 0 Å². The summed E-state index contributed by atoms with van der Waals surface area (Å²) in [6.45, 7) is 0. The first-order chi connectivity index (χ1) is 5.36. The van der Waals surface area contributed by atoms with E-state index in [4.69, 9.17) is 6.42 Å². The number of hydrogen-bond donors (Lipinski definition) is 1. The Hall–Kier alpha value is -1.75. The predicted octanol–water partition coefficient (Wildman–Crippen LogP) is 1.50. The maximum atomic E-state index is 10.2. The van der Waals surface area contributed by atoms with E-state index in [0.717, 1.165) is 12.0 Å². The van der Waals surface area contributed by atoms with Crippen LogP contribution in [0.4, 0.5) is 5.69 Å². The Bertz CT molecular complexity index is 281. The zero-order valence-electron chi connectivity index (χ0n) is 5.87. The van der Waals surface area contributed by atoms with Crippen LogP contribution in [-0.2, 0) is 0 Å². The molecule has 0 saturated carbocycles. The highest BCUT2D eigenvalue weighted by Crippen LogP contribution is 2.06. The van der Waals surface area contributed by atoms with E-state index in [-0.39, 0.29) is 0 Å². The van der Waals surface area contributed by atoms with Gasteiger partial charge in [0.1, 0.15) is 6.29 Å². The fourth-order valence-corrected chi connectivity index (χ4v) is 0.728. The minimum Gasteiger partial charge on any atom is -0.315 e. The second kappa shape index (κ2) is 3.43. The number of carbonyl (C=O) groups is 1. The lowest BCUT2D eigenvalue weighted by atomic mass is 10.2. The van der Waals surface area contributed by atoms with Gasteiger partial charge in [0.15, 0.2) is 0 Å². The van der Waals surface area contributed by atoms with Gasteiger partial charge >= 0.3 is 0 Å². The van der Waals surface area contributed by atoms with E-state index < -0.39 is 0 Å². The Morgan fingerprint density at radius 2 is 2.00 bits per heavy atom. The van der Waals surface area contributed by atoms with Crippen LogP contribution in [-0.4, -0.2) is 6.29 Å². The van der Waals surface area contributed by atoms with E-state index in [0.29, 0.717) is 5.56 Å². The number of carbonyl (C=O) groups excluding carboxylic acids is 1. The van der Waals surface area contributed by atoms with E-state index in [2.05, 4.69) is 11.4 Å². The summed E-state index contributed by atoms with van der Waals surface area (Å²) in [6.07, 6.45) is 5.79. The summed E-state index contributed by atoms with van der Waals surface area (Å²) in [5.41, 5.74) is 1.46. The van der Waals surface area contributed by atoms with Gasteiger partial charge in [-0.2, -0.15) is 0 Å². The maximum Gasteiger partial charge on any atom is 0.150 e. The summed E-state index contributed by atoms with van der Waals surface area (Å²) in [7, 11) is 0. The van der Waals surface area contributed by atoms with Crippen molar-refractivity contribution in [3.8, 4) is 12.5 Å². The summed E-state index contributed by atoms with van der Waals surface area (Å²) in [5.74, 6) is 0. The van der Waals surface area contributed by atoms with Crippen LogP contribution in [0.25, 0.3) is 0 Å². The fraction of sp³-hybridized carbons (Fsp3) is 0. The Morgan fingerprint density at radius 3 is 2.45 bits per heavy atom. The number of benzene rings is 1. The molecule has 1 N–H and O–H groups in total. The van der Waals surface area contributed by atoms with Crippen molar-refractivity contribution in [2.24, 2.45) is 0 Å². The summed E-state index contributed by atoms with van der Waals surface area (Å²) in [4.78, 5) is 10.2. The van der Waals surface area contributed by atoms with Crippen LogP contribution in [0.15, 0.2) is 24.3 Å². The van der Waals surface area contributed by atoms with Crippen molar-refractivity contribution in [2.45, 2.75) is 0 Å². The van der Waals surface area contributed by atoms with E-state index in [1.165, 1.54) is 0 Å². The molecule has 1 aromatic rings. The van der Waals surface area contributed by atoms with E-state index in [9.17, 15) is 4.79 Å². The lowest BCUT2D eigenvalue weighted by molar-refractivity contribution is 0.112. The second-order valence-electron chi connectivity index (χ2n) is 2.01. The predicted molar refractivity (Wildman–Crippen MR) is 44.3 cm³/mol. The molecule has 0 aromatic heterocycles. The van der Waals surface area contributed by atoms with Crippen LogP contribution < -0.4 is 5.32 Å². The highest BCUT2D eigenvalue weighted by molar-refractivity contribution is 5.75. The van der Waals surface area contributed by atoms with Gasteiger partial charge in [-0.3, -0.25) is 4.79 Å². The molecule has 1 rings (SSSR count). The van der Waals surface area contributed by atoms with Gasteiger partial charge in [-0.15, -0.1) is 0 Å². The van der Waals surface area contributed by atoms with Crippen molar-refractivity contribution in [3.05, 3.63) is 29.8 Å². The van der Waals surface area contributed by atoms with Crippen LogP contribution >= 0.6 is 0 Å². The third-order valence-electron chi connectivity index (χ3n) is 1.26. The zero-order valence-corrected chi connectivity index (χ0v) is 5.87. The average molecular weight is 145 g/mol. The molecular formula is C9H7NO. The largest absolute Gasteiger partial charge is 0.315 e. The molecule has 0 amide bonds. The number of terminal acetylenes is 1. The molecule has 11 heavy (non-hydrogen) atoms. The monoisotopic (exact) mass is 145 g/mol. The van der Waals surface area contributed by atoms with Crippen molar-refractivity contribution >= 4 is 12.0 Å². The maximum absolute atomic E-state index is 10.2.